The molecule has 0 bridgehead atoms. The van der Waals surface area contributed by atoms with Gasteiger partial charge in [0.1, 0.15) is 4.90 Å². The van der Waals surface area contributed by atoms with Crippen molar-refractivity contribution < 1.29 is 13.2 Å². The maximum Gasteiger partial charge on any atom is 0.248 e. The largest absolute Gasteiger partial charge is 0.311 e. The smallest absolute Gasteiger partial charge is 0.248 e. The van der Waals surface area contributed by atoms with E-state index in [9.17, 15) is 13.2 Å². The lowest BCUT2D eigenvalue weighted by Crippen LogP contribution is -2.50. The first-order valence-electron chi connectivity index (χ1n) is 10.6. The van der Waals surface area contributed by atoms with Gasteiger partial charge in [-0.1, -0.05) is 35.9 Å². The summed E-state index contributed by atoms with van der Waals surface area (Å²) in [7, 11) is -3.86. The molecule has 0 radical (unpaired) electrons. The van der Waals surface area contributed by atoms with Gasteiger partial charge in [0, 0.05) is 24.1 Å². The molecular weight excluding hydrogens is 424 g/mol. The van der Waals surface area contributed by atoms with Crippen LogP contribution in [0.2, 0.25) is 0 Å². The number of rotatable bonds is 3. The highest BCUT2D eigenvalue weighted by molar-refractivity contribution is 7.89. The molecule has 164 valence electrons. The number of hydrogen-bond acceptors (Lipinski definition) is 5. The van der Waals surface area contributed by atoms with E-state index < -0.39 is 10.0 Å². The summed E-state index contributed by atoms with van der Waals surface area (Å²) >= 11 is 0. The monoisotopic (exact) mass is 448 g/mol. The van der Waals surface area contributed by atoms with Crippen LogP contribution in [0.25, 0.3) is 0 Å². The summed E-state index contributed by atoms with van der Waals surface area (Å²) in [5.74, 6) is 0.153. The molecule has 32 heavy (non-hydrogen) atoms. The number of aromatic nitrogens is 1. The third-order valence-corrected chi connectivity index (χ3v) is 7.79. The first-order valence-corrected chi connectivity index (χ1v) is 12.1. The van der Waals surface area contributed by atoms with Crippen molar-refractivity contribution in [3.8, 4) is 0 Å². The molecule has 0 N–H and O–H groups in total. The molecule has 0 aliphatic carbocycles. The molecule has 8 heteroatoms. The quantitative estimate of drug-likeness (QED) is 0.613. The van der Waals surface area contributed by atoms with E-state index in [1.807, 2.05) is 60.4 Å². The van der Waals surface area contributed by atoms with E-state index in [1.165, 1.54) is 4.31 Å². The molecular formula is C24H24N4O3S. The van der Waals surface area contributed by atoms with Gasteiger partial charge in [0.15, 0.2) is 5.82 Å². The molecule has 2 aromatic carbocycles. The van der Waals surface area contributed by atoms with E-state index >= 15 is 0 Å². The molecule has 1 amide bonds. The molecule has 0 unspecified atom stereocenters. The molecule has 0 saturated heterocycles. The van der Waals surface area contributed by atoms with Gasteiger partial charge in [-0.25, -0.2) is 13.4 Å². The molecule has 7 nitrogen and oxygen atoms in total. The van der Waals surface area contributed by atoms with Crippen molar-refractivity contribution in [3.05, 3.63) is 78.0 Å². The second-order valence-corrected chi connectivity index (χ2v) is 10.0. The summed E-state index contributed by atoms with van der Waals surface area (Å²) < 4.78 is 28.0. The van der Waals surface area contributed by atoms with E-state index in [0.717, 1.165) is 35.3 Å². The summed E-state index contributed by atoms with van der Waals surface area (Å²) in [6.07, 6.45) is 3.36. The highest BCUT2D eigenvalue weighted by atomic mass is 32.2. The third-order valence-electron chi connectivity index (χ3n) is 5.99. The summed E-state index contributed by atoms with van der Waals surface area (Å²) in [6, 6.07) is 18.8. The highest BCUT2D eigenvalue weighted by Gasteiger charge is 2.39. The van der Waals surface area contributed by atoms with Crippen molar-refractivity contribution in [2.45, 2.75) is 24.7 Å². The third kappa shape index (κ3) is 3.55. The predicted octanol–water partition coefficient (Wildman–Crippen LogP) is 3.47. The van der Waals surface area contributed by atoms with E-state index in [4.69, 9.17) is 0 Å². The lowest BCUT2D eigenvalue weighted by Gasteiger charge is -2.37. The van der Waals surface area contributed by atoms with Gasteiger partial charge in [0.25, 0.3) is 0 Å². The lowest BCUT2D eigenvalue weighted by molar-refractivity contribution is -0.118. The zero-order valence-corrected chi connectivity index (χ0v) is 18.6. The molecule has 3 heterocycles. The maximum absolute atomic E-state index is 13.4. The van der Waals surface area contributed by atoms with Crippen LogP contribution in [-0.4, -0.2) is 43.4 Å². The molecule has 0 saturated carbocycles. The predicted molar refractivity (Wildman–Crippen MR) is 123 cm³/mol. The molecule has 2 aliphatic rings. The minimum Gasteiger partial charge on any atom is -0.311 e. The van der Waals surface area contributed by atoms with Gasteiger partial charge in [-0.15, -0.1) is 0 Å². The van der Waals surface area contributed by atoms with Crippen LogP contribution in [-0.2, 0) is 21.2 Å². The number of hydrogen-bond donors (Lipinski definition) is 0. The number of nitrogens with zero attached hydrogens (tertiary/aromatic N) is 4. The number of pyridine rings is 1. The van der Waals surface area contributed by atoms with Crippen molar-refractivity contribution in [1.29, 1.82) is 0 Å². The average Bonchev–Trinajstić information content (AvgIpc) is 2.81. The van der Waals surface area contributed by atoms with Crippen LogP contribution in [0.3, 0.4) is 0 Å². The number of aryl methyl sites for hydroxylation is 2. The first-order chi connectivity index (χ1) is 15.4. The van der Waals surface area contributed by atoms with Crippen molar-refractivity contribution in [3.63, 3.8) is 0 Å². The van der Waals surface area contributed by atoms with Crippen LogP contribution in [0, 0.1) is 6.92 Å². The van der Waals surface area contributed by atoms with Crippen molar-refractivity contribution >= 4 is 33.1 Å². The van der Waals surface area contributed by atoms with Crippen LogP contribution >= 0.6 is 0 Å². The Morgan fingerprint density at radius 2 is 1.81 bits per heavy atom. The second kappa shape index (κ2) is 8.03. The molecule has 1 aromatic heterocycles. The van der Waals surface area contributed by atoms with Crippen molar-refractivity contribution in [1.82, 2.24) is 9.29 Å². The minimum atomic E-state index is -3.86. The van der Waals surface area contributed by atoms with Crippen LogP contribution in [0.1, 0.15) is 17.5 Å². The lowest BCUT2D eigenvalue weighted by atomic mass is 10.0. The van der Waals surface area contributed by atoms with Crippen molar-refractivity contribution in [2.24, 2.45) is 0 Å². The Kier molecular flexibility index (Phi) is 5.19. The number of fused-ring (bicyclic) bond motifs is 2. The number of benzene rings is 2. The summed E-state index contributed by atoms with van der Waals surface area (Å²) in [5.41, 5.74) is 3.92. The fourth-order valence-corrected chi connectivity index (χ4v) is 5.79. The Morgan fingerprint density at radius 3 is 2.62 bits per heavy atom. The van der Waals surface area contributed by atoms with Gasteiger partial charge >= 0.3 is 0 Å². The number of anilines is 3. The molecule has 0 fully saturated rings. The second-order valence-electron chi connectivity index (χ2n) is 8.12. The van der Waals surface area contributed by atoms with Crippen LogP contribution in [0.5, 0.6) is 0 Å². The van der Waals surface area contributed by atoms with Crippen LogP contribution < -0.4 is 9.80 Å². The number of sulfonamides is 1. The summed E-state index contributed by atoms with van der Waals surface area (Å²) in [4.78, 5) is 21.3. The Hall–Kier alpha value is -3.23. The van der Waals surface area contributed by atoms with Crippen LogP contribution in [0.15, 0.2) is 71.8 Å². The molecule has 3 aromatic rings. The van der Waals surface area contributed by atoms with Crippen molar-refractivity contribution in [2.75, 3.05) is 29.6 Å². The molecule has 2 aliphatic heterocycles. The fraction of sp³-hybridized carbons (Fsp3) is 0.250. The normalized spacial score (nSPS) is 17.5. The van der Waals surface area contributed by atoms with E-state index in [0.29, 0.717) is 12.4 Å². The van der Waals surface area contributed by atoms with Gasteiger partial charge in [0.2, 0.25) is 15.9 Å². The Balaban J connectivity index is 1.49. The first kappa shape index (κ1) is 20.7. The van der Waals surface area contributed by atoms with Gasteiger partial charge < -0.3 is 9.80 Å². The topological polar surface area (TPSA) is 73.8 Å². The van der Waals surface area contributed by atoms with E-state index in [1.54, 1.807) is 23.2 Å². The summed E-state index contributed by atoms with van der Waals surface area (Å²) in [5, 5.41) is 0. The Labute approximate surface area is 188 Å². The standard InChI is InChI=1S/C24H24N4O3S/c1-18-10-12-20(13-11-18)28-17-26(32(30,31)22-9-4-14-25-24(22)28)16-23(29)27-15-5-7-19-6-2-3-8-21(19)27/h2-4,6,8-14H,5,7,15-17H2,1H3. The number of carbonyl (C=O) groups is 1. The van der Waals surface area contributed by atoms with Crippen LogP contribution in [0.4, 0.5) is 17.2 Å². The molecule has 0 atom stereocenters. The van der Waals surface area contributed by atoms with Gasteiger partial charge in [-0.3, -0.25) is 4.79 Å². The average molecular weight is 449 g/mol. The number of para-hydroxylation sites is 1. The van der Waals surface area contributed by atoms with Gasteiger partial charge in [-0.05, 0) is 55.7 Å². The molecule has 5 rings (SSSR count). The zero-order valence-electron chi connectivity index (χ0n) is 17.8. The van der Waals surface area contributed by atoms with Gasteiger partial charge in [0.05, 0.1) is 13.2 Å². The van der Waals surface area contributed by atoms with Gasteiger partial charge in [-0.2, -0.15) is 4.31 Å². The van der Waals surface area contributed by atoms with E-state index in [-0.39, 0.29) is 24.0 Å². The highest BCUT2D eigenvalue weighted by Crippen LogP contribution is 2.36. The maximum atomic E-state index is 13.4. The Bertz CT molecular complexity index is 1270. The zero-order chi connectivity index (χ0) is 22.3. The summed E-state index contributed by atoms with van der Waals surface area (Å²) in [6.45, 7) is 2.38. The number of amides is 1. The Morgan fingerprint density at radius 1 is 1.03 bits per heavy atom. The number of carbonyl (C=O) groups excluding carboxylic acids is 1. The van der Waals surface area contributed by atoms with E-state index in [2.05, 4.69) is 4.98 Å². The molecule has 0 spiro atoms. The fourth-order valence-electron chi connectivity index (χ4n) is 4.32. The SMILES string of the molecule is Cc1ccc(N2CN(CC(=O)N3CCCc4ccccc43)S(=O)(=O)c3cccnc32)cc1. The minimum absolute atomic E-state index is 0.0244.